The molecule has 3 rings (SSSR count). The topological polar surface area (TPSA) is 68.2 Å². The third kappa shape index (κ3) is 5.18. The monoisotopic (exact) mass is 399 g/mol. The molecule has 0 unspecified atom stereocenters. The van der Waals surface area contributed by atoms with Gasteiger partial charge in [-0.15, -0.1) is 6.42 Å². The third-order valence-corrected chi connectivity index (χ3v) is 5.38. The first-order valence-corrected chi connectivity index (χ1v) is 10.2. The highest BCUT2D eigenvalue weighted by molar-refractivity contribution is 5.92. The van der Waals surface area contributed by atoms with Crippen molar-refractivity contribution in [3.05, 3.63) is 47.2 Å². The number of hydrogen-bond acceptors (Lipinski definition) is 5. The van der Waals surface area contributed by atoms with Crippen molar-refractivity contribution in [3.63, 3.8) is 0 Å². The maximum Gasteiger partial charge on any atom is 0.288 e. The number of terminal acetylenes is 1. The zero-order chi connectivity index (χ0) is 20.6. The molecule has 1 amide bonds. The molecular weight excluding hydrogens is 370 g/mol. The summed E-state index contributed by atoms with van der Waals surface area (Å²) in [6.07, 6.45) is 8.20. The van der Waals surface area contributed by atoms with E-state index in [4.69, 9.17) is 20.6 Å². The van der Waals surface area contributed by atoms with Gasteiger partial charge < -0.3 is 24.2 Å². The Morgan fingerprint density at radius 2 is 2.03 bits per heavy atom. The number of carbonyl (C=O) groups is 1. The molecule has 29 heavy (non-hydrogen) atoms. The molecule has 0 radical (unpaired) electrons. The second-order valence-corrected chi connectivity index (χ2v) is 7.20. The number of rotatable bonds is 7. The molecule has 1 fully saturated rings. The Balaban J connectivity index is 1.93. The van der Waals surface area contributed by atoms with Gasteiger partial charge in [-0.2, -0.15) is 0 Å². The van der Waals surface area contributed by atoms with Crippen molar-refractivity contribution < 1.29 is 24.1 Å². The van der Waals surface area contributed by atoms with Gasteiger partial charge in [0.05, 0.1) is 13.2 Å². The van der Waals surface area contributed by atoms with E-state index in [1.54, 1.807) is 4.90 Å². The van der Waals surface area contributed by atoms with Crippen LogP contribution in [-0.2, 0) is 19.0 Å². The Kier molecular flexibility index (Phi) is 7.70. The van der Waals surface area contributed by atoms with Gasteiger partial charge in [0, 0.05) is 43.7 Å². The van der Waals surface area contributed by atoms with Gasteiger partial charge in [-0.3, -0.25) is 4.79 Å². The van der Waals surface area contributed by atoms with Crippen molar-refractivity contribution >= 4 is 5.91 Å². The molecule has 1 aromatic carbocycles. The second-order valence-electron chi connectivity index (χ2n) is 7.20. The summed E-state index contributed by atoms with van der Waals surface area (Å²) in [7, 11) is 0. The highest BCUT2D eigenvalue weighted by Gasteiger charge is 2.38. The molecule has 2 aliphatic heterocycles. The molecule has 156 valence electrons. The van der Waals surface area contributed by atoms with Gasteiger partial charge in [-0.1, -0.05) is 18.1 Å². The molecule has 0 bridgehead atoms. The first kappa shape index (κ1) is 21.4. The number of morpholine rings is 1. The Morgan fingerprint density at radius 3 is 2.66 bits per heavy atom. The summed E-state index contributed by atoms with van der Waals surface area (Å²) in [6, 6.07) is 7.79. The van der Waals surface area contributed by atoms with E-state index in [2.05, 4.69) is 5.92 Å². The van der Waals surface area contributed by atoms with E-state index in [-0.39, 0.29) is 24.3 Å². The number of aliphatic hydroxyl groups excluding tert-OH is 1. The van der Waals surface area contributed by atoms with Crippen molar-refractivity contribution in [3.8, 4) is 12.3 Å². The lowest BCUT2D eigenvalue weighted by atomic mass is 9.80. The Hall–Kier alpha value is -2.33. The quantitative estimate of drug-likeness (QED) is 0.713. The maximum atomic E-state index is 13.1. The fourth-order valence-corrected chi connectivity index (χ4v) is 3.86. The number of ether oxygens (including phenoxy) is 3. The van der Waals surface area contributed by atoms with Crippen LogP contribution in [0.15, 0.2) is 36.1 Å². The van der Waals surface area contributed by atoms with Gasteiger partial charge in [-0.25, -0.2) is 0 Å². The zero-order valence-corrected chi connectivity index (χ0v) is 16.9. The van der Waals surface area contributed by atoms with Crippen molar-refractivity contribution in [1.82, 2.24) is 4.90 Å². The van der Waals surface area contributed by atoms with E-state index in [1.165, 1.54) is 0 Å². The molecule has 0 aromatic heterocycles. The minimum absolute atomic E-state index is 0.0139. The van der Waals surface area contributed by atoms with Crippen molar-refractivity contribution in [2.45, 2.75) is 32.0 Å². The standard InChI is InChI=1S/C23H29NO5/c1-3-17-7-9-18(10-8-17)20-16-21(22(26)24-11-14-27-15-12-24)29-23(28-4-2)19(20)6-5-13-25/h1,7-10,16,19-20,23,25H,4-6,11-15H2,2H3/t19-,20+,23+/m0/s1. The molecule has 6 heteroatoms. The molecule has 1 N–H and O–H groups in total. The molecule has 6 nitrogen and oxygen atoms in total. The van der Waals surface area contributed by atoms with Gasteiger partial charge >= 0.3 is 0 Å². The average Bonchev–Trinajstić information content (AvgIpc) is 2.78. The first-order valence-electron chi connectivity index (χ1n) is 10.2. The number of carbonyl (C=O) groups excluding carboxylic acids is 1. The third-order valence-electron chi connectivity index (χ3n) is 5.38. The number of benzene rings is 1. The molecule has 1 saturated heterocycles. The molecule has 2 heterocycles. The van der Waals surface area contributed by atoms with Crippen LogP contribution in [0.5, 0.6) is 0 Å². The van der Waals surface area contributed by atoms with Crippen LogP contribution < -0.4 is 0 Å². The Bertz CT molecular complexity index is 746. The average molecular weight is 399 g/mol. The predicted octanol–water partition coefficient (Wildman–Crippen LogP) is 2.28. The first-order chi connectivity index (χ1) is 14.2. The fourth-order valence-electron chi connectivity index (χ4n) is 3.86. The van der Waals surface area contributed by atoms with Crippen LogP contribution in [0, 0.1) is 18.3 Å². The number of hydrogen-bond donors (Lipinski definition) is 1. The van der Waals surface area contributed by atoms with Crippen LogP contribution in [0.2, 0.25) is 0 Å². The summed E-state index contributed by atoms with van der Waals surface area (Å²) in [5.41, 5.74) is 1.86. The van der Waals surface area contributed by atoms with Crippen LogP contribution in [-0.4, -0.2) is 61.7 Å². The molecule has 2 aliphatic rings. The van der Waals surface area contributed by atoms with Crippen LogP contribution in [0.4, 0.5) is 0 Å². The van der Waals surface area contributed by atoms with Crippen LogP contribution >= 0.6 is 0 Å². The molecule has 0 saturated carbocycles. The summed E-state index contributed by atoms with van der Waals surface area (Å²) in [6.45, 7) is 4.64. The van der Waals surface area contributed by atoms with Crippen LogP contribution in [0.3, 0.4) is 0 Å². The lowest BCUT2D eigenvalue weighted by molar-refractivity contribution is -0.171. The maximum absolute atomic E-state index is 13.1. The van der Waals surface area contributed by atoms with Gasteiger partial charge in [0.2, 0.25) is 6.29 Å². The summed E-state index contributed by atoms with van der Waals surface area (Å²) >= 11 is 0. The summed E-state index contributed by atoms with van der Waals surface area (Å²) in [5, 5.41) is 9.36. The largest absolute Gasteiger partial charge is 0.459 e. The lowest BCUT2D eigenvalue weighted by Crippen LogP contribution is -2.44. The minimum Gasteiger partial charge on any atom is -0.459 e. The zero-order valence-electron chi connectivity index (χ0n) is 16.9. The lowest BCUT2D eigenvalue weighted by Gasteiger charge is -2.38. The number of aliphatic hydroxyl groups is 1. The normalized spacial score (nSPS) is 24.4. The molecular formula is C23H29NO5. The van der Waals surface area contributed by atoms with E-state index in [1.807, 2.05) is 37.3 Å². The van der Waals surface area contributed by atoms with E-state index < -0.39 is 6.29 Å². The molecule has 0 aliphatic carbocycles. The molecule has 0 spiro atoms. The Morgan fingerprint density at radius 1 is 1.31 bits per heavy atom. The van der Waals surface area contributed by atoms with Crippen molar-refractivity contribution in [2.24, 2.45) is 5.92 Å². The fraction of sp³-hybridized carbons (Fsp3) is 0.522. The number of allylic oxidation sites excluding steroid dienone is 1. The van der Waals surface area contributed by atoms with Gasteiger partial charge in [-0.05, 0) is 43.5 Å². The van der Waals surface area contributed by atoms with E-state index in [9.17, 15) is 9.90 Å². The van der Waals surface area contributed by atoms with Gasteiger partial charge in [0.15, 0.2) is 5.76 Å². The van der Waals surface area contributed by atoms with E-state index >= 15 is 0 Å². The SMILES string of the molecule is C#Cc1ccc([C@H]2C=C(C(=O)N3CCOCC3)O[C@@H](OCC)[C@H]2CCCO)cc1. The van der Waals surface area contributed by atoms with Crippen molar-refractivity contribution in [2.75, 3.05) is 39.5 Å². The second kappa shape index (κ2) is 10.4. The van der Waals surface area contributed by atoms with Gasteiger partial charge in [0.1, 0.15) is 0 Å². The highest BCUT2D eigenvalue weighted by atomic mass is 16.7. The van der Waals surface area contributed by atoms with Crippen molar-refractivity contribution in [1.29, 1.82) is 0 Å². The van der Waals surface area contributed by atoms with Gasteiger partial charge in [0.25, 0.3) is 5.91 Å². The van der Waals surface area contributed by atoms with Crippen LogP contribution in [0.1, 0.15) is 36.8 Å². The number of nitrogens with zero attached hydrogens (tertiary/aromatic N) is 1. The predicted molar refractivity (Wildman–Crippen MR) is 109 cm³/mol. The summed E-state index contributed by atoms with van der Waals surface area (Å²) in [4.78, 5) is 14.8. The molecule has 1 aromatic rings. The smallest absolute Gasteiger partial charge is 0.288 e. The van der Waals surface area contributed by atoms with E-state index in [0.29, 0.717) is 45.1 Å². The summed E-state index contributed by atoms with van der Waals surface area (Å²) < 4.78 is 17.3. The highest BCUT2D eigenvalue weighted by Crippen LogP contribution is 2.39. The van der Waals surface area contributed by atoms with E-state index in [0.717, 1.165) is 17.5 Å². The molecule has 3 atom stereocenters. The van der Waals surface area contributed by atoms with Crippen LogP contribution in [0.25, 0.3) is 0 Å². The minimum atomic E-state index is -0.547. The summed E-state index contributed by atoms with van der Waals surface area (Å²) in [5.74, 6) is 2.73. The number of amides is 1. The Labute approximate surface area is 172 Å².